The third kappa shape index (κ3) is 3.11. The van der Waals surface area contributed by atoms with E-state index in [0.29, 0.717) is 17.1 Å². The van der Waals surface area contributed by atoms with Gasteiger partial charge in [0.15, 0.2) is 11.3 Å². The van der Waals surface area contributed by atoms with E-state index in [0.717, 1.165) is 11.1 Å². The summed E-state index contributed by atoms with van der Waals surface area (Å²) in [7, 11) is 3.34. The zero-order valence-electron chi connectivity index (χ0n) is 13.0. The molecule has 3 rings (SSSR count). The Balaban J connectivity index is 1.81. The molecule has 1 aromatic heterocycles. The maximum atomic E-state index is 12.2. The van der Waals surface area contributed by atoms with Gasteiger partial charge in [-0.05, 0) is 30.3 Å². The van der Waals surface area contributed by atoms with Crippen molar-refractivity contribution in [3.8, 4) is 5.75 Å². The average Bonchev–Trinajstić information content (AvgIpc) is 3.02. The van der Waals surface area contributed by atoms with Gasteiger partial charge in [-0.15, -0.1) is 0 Å². The highest BCUT2D eigenvalue weighted by molar-refractivity contribution is 6.03. The lowest BCUT2D eigenvalue weighted by Gasteiger charge is -2.14. The van der Waals surface area contributed by atoms with Crippen LogP contribution in [0.1, 0.15) is 5.76 Å². The molecule has 4 heteroatoms. The molecular formula is C19H17NO3. The van der Waals surface area contributed by atoms with Crippen molar-refractivity contribution >= 4 is 28.6 Å². The molecule has 0 fully saturated rings. The van der Waals surface area contributed by atoms with Crippen LogP contribution >= 0.6 is 0 Å². The maximum absolute atomic E-state index is 12.2. The molecule has 0 aliphatic heterocycles. The molecule has 0 aliphatic rings. The number of carbonyl (C=O) groups excluding carboxylic acids is 1. The summed E-state index contributed by atoms with van der Waals surface area (Å²) in [5.41, 5.74) is 1.52. The Kier molecular flexibility index (Phi) is 4.15. The van der Waals surface area contributed by atoms with Gasteiger partial charge in [0.05, 0.1) is 7.11 Å². The normalized spacial score (nSPS) is 11.0. The van der Waals surface area contributed by atoms with E-state index in [1.54, 1.807) is 25.1 Å². The van der Waals surface area contributed by atoms with Crippen LogP contribution in [0.4, 0.5) is 5.69 Å². The molecule has 0 bridgehead atoms. The van der Waals surface area contributed by atoms with Crippen molar-refractivity contribution < 1.29 is 13.9 Å². The number of methoxy groups -OCH3 is 1. The van der Waals surface area contributed by atoms with Gasteiger partial charge < -0.3 is 14.1 Å². The van der Waals surface area contributed by atoms with Crippen molar-refractivity contribution in [2.24, 2.45) is 0 Å². The Labute approximate surface area is 134 Å². The minimum atomic E-state index is -0.122. The van der Waals surface area contributed by atoms with Crippen LogP contribution in [0.15, 0.2) is 65.1 Å². The van der Waals surface area contributed by atoms with Gasteiger partial charge in [0.2, 0.25) is 0 Å². The van der Waals surface area contributed by atoms with Gasteiger partial charge in [-0.2, -0.15) is 0 Å². The number of ether oxygens (including phenoxy) is 1. The highest BCUT2D eigenvalue weighted by atomic mass is 16.5. The Morgan fingerprint density at radius 2 is 1.91 bits per heavy atom. The predicted octanol–water partition coefficient (Wildman–Crippen LogP) is 4.12. The number of furan rings is 1. The van der Waals surface area contributed by atoms with Crippen molar-refractivity contribution in [3.63, 3.8) is 0 Å². The SMILES string of the molecule is COc1cccc2cc(C=CC(=O)N(C)c3ccccc3)oc12. The zero-order valence-corrected chi connectivity index (χ0v) is 13.0. The number of hydrogen-bond acceptors (Lipinski definition) is 3. The smallest absolute Gasteiger partial charge is 0.250 e. The van der Waals surface area contributed by atoms with Crippen LogP contribution in [0.3, 0.4) is 0 Å². The van der Waals surface area contributed by atoms with Crippen LogP contribution in [-0.2, 0) is 4.79 Å². The summed E-state index contributed by atoms with van der Waals surface area (Å²) in [5.74, 6) is 1.16. The molecule has 2 aromatic carbocycles. The number of amides is 1. The second-order valence-corrected chi connectivity index (χ2v) is 5.09. The zero-order chi connectivity index (χ0) is 16.2. The Morgan fingerprint density at radius 1 is 1.13 bits per heavy atom. The lowest BCUT2D eigenvalue weighted by molar-refractivity contribution is -0.113. The maximum Gasteiger partial charge on any atom is 0.250 e. The van der Waals surface area contributed by atoms with Crippen LogP contribution in [0.5, 0.6) is 5.75 Å². The van der Waals surface area contributed by atoms with E-state index in [2.05, 4.69) is 0 Å². The summed E-state index contributed by atoms with van der Waals surface area (Å²) in [6, 6.07) is 17.0. The Hall–Kier alpha value is -3.01. The van der Waals surface area contributed by atoms with Gasteiger partial charge in [0.25, 0.3) is 5.91 Å². The molecule has 0 unspecified atom stereocenters. The minimum absolute atomic E-state index is 0.122. The number of para-hydroxylation sites is 2. The van der Waals surface area contributed by atoms with Crippen molar-refractivity contribution in [1.82, 2.24) is 0 Å². The fraction of sp³-hybridized carbons (Fsp3) is 0.105. The van der Waals surface area contributed by atoms with Gasteiger partial charge >= 0.3 is 0 Å². The highest BCUT2D eigenvalue weighted by Gasteiger charge is 2.09. The average molecular weight is 307 g/mol. The van der Waals surface area contributed by atoms with Crippen molar-refractivity contribution in [1.29, 1.82) is 0 Å². The molecule has 116 valence electrons. The molecule has 0 spiro atoms. The number of hydrogen-bond donors (Lipinski definition) is 0. The lowest BCUT2D eigenvalue weighted by atomic mass is 10.2. The molecule has 3 aromatic rings. The fourth-order valence-corrected chi connectivity index (χ4v) is 2.34. The van der Waals surface area contributed by atoms with Gasteiger partial charge in [-0.3, -0.25) is 4.79 Å². The fourth-order valence-electron chi connectivity index (χ4n) is 2.34. The first-order valence-corrected chi connectivity index (χ1v) is 7.26. The largest absolute Gasteiger partial charge is 0.493 e. The van der Waals surface area contributed by atoms with E-state index in [1.165, 1.54) is 6.08 Å². The molecule has 0 saturated heterocycles. The molecule has 1 amide bonds. The van der Waals surface area contributed by atoms with E-state index in [-0.39, 0.29) is 5.91 Å². The molecule has 23 heavy (non-hydrogen) atoms. The standard InChI is InChI=1S/C19H17NO3/c1-20(15-8-4-3-5-9-15)18(21)12-11-16-13-14-7-6-10-17(22-2)19(14)23-16/h3-13H,1-2H3. The molecule has 0 aliphatic carbocycles. The summed E-state index contributed by atoms with van der Waals surface area (Å²) in [6.45, 7) is 0. The highest BCUT2D eigenvalue weighted by Crippen LogP contribution is 2.28. The number of nitrogens with zero attached hydrogens (tertiary/aromatic N) is 1. The Morgan fingerprint density at radius 3 is 2.65 bits per heavy atom. The topological polar surface area (TPSA) is 42.7 Å². The van der Waals surface area contributed by atoms with Gasteiger partial charge in [0.1, 0.15) is 5.76 Å². The summed E-state index contributed by atoms with van der Waals surface area (Å²) in [5, 5.41) is 0.938. The number of anilines is 1. The van der Waals surface area contributed by atoms with Gasteiger partial charge in [-0.1, -0.05) is 30.3 Å². The second kappa shape index (κ2) is 6.40. The molecule has 0 radical (unpaired) electrons. The van der Waals surface area contributed by atoms with E-state index >= 15 is 0 Å². The molecule has 0 atom stereocenters. The predicted molar refractivity (Wildman–Crippen MR) is 91.7 cm³/mol. The molecule has 1 heterocycles. The van der Waals surface area contributed by atoms with Gasteiger partial charge in [0, 0.05) is 24.2 Å². The summed E-state index contributed by atoms with van der Waals surface area (Å²) < 4.78 is 11.0. The first-order valence-electron chi connectivity index (χ1n) is 7.26. The number of carbonyl (C=O) groups is 1. The first-order chi connectivity index (χ1) is 11.2. The Bertz CT molecular complexity index is 849. The van der Waals surface area contributed by atoms with Crippen molar-refractivity contribution in [2.45, 2.75) is 0 Å². The number of benzene rings is 2. The third-order valence-corrected chi connectivity index (χ3v) is 3.61. The summed E-state index contributed by atoms with van der Waals surface area (Å²) in [6.07, 6.45) is 3.17. The van der Waals surface area contributed by atoms with E-state index in [1.807, 2.05) is 54.6 Å². The second-order valence-electron chi connectivity index (χ2n) is 5.09. The molecular weight excluding hydrogens is 290 g/mol. The van der Waals surface area contributed by atoms with Crippen molar-refractivity contribution in [2.75, 3.05) is 19.1 Å². The third-order valence-electron chi connectivity index (χ3n) is 3.61. The number of fused-ring (bicyclic) bond motifs is 1. The first kappa shape index (κ1) is 14.9. The van der Waals surface area contributed by atoms with E-state index in [9.17, 15) is 4.79 Å². The van der Waals surface area contributed by atoms with Gasteiger partial charge in [-0.25, -0.2) is 0 Å². The number of rotatable bonds is 4. The summed E-state index contributed by atoms with van der Waals surface area (Å²) >= 11 is 0. The van der Waals surface area contributed by atoms with Crippen LogP contribution in [0.2, 0.25) is 0 Å². The lowest BCUT2D eigenvalue weighted by Crippen LogP contribution is -2.23. The van der Waals surface area contributed by atoms with Crippen LogP contribution in [-0.4, -0.2) is 20.1 Å². The van der Waals surface area contributed by atoms with E-state index in [4.69, 9.17) is 9.15 Å². The van der Waals surface area contributed by atoms with Crippen LogP contribution in [0, 0.1) is 0 Å². The molecule has 4 nitrogen and oxygen atoms in total. The quantitative estimate of drug-likeness (QED) is 0.681. The van der Waals surface area contributed by atoms with Crippen molar-refractivity contribution in [3.05, 3.63) is 66.4 Å². The van der Waals surface area contributed by atoms with Crippen LogP contribution < -0.4 is 9.64 Å². The summed E-state index contributed by atoms with van der Waals surface area (Å²) in [4.78, 5) is 13.8. The molecule has 0 saturated carbocycles. The monoisotopic (exact) mass is 307 g/mol. The number of likely N-dealkylation sites (N-methyl/N-ethyl adjacent to an activating group) is 1. The van der Waals surface area contributed by atoms with Crippen LogP contribution in [0.25, 0.3) is 17.0 Å². The van der Waals surface area contributed by atoms with E-state index < -0.39 is 0 Å². The minimum Gasteiger partial charge on any atom is -0.493 e. The molecule has 0 N–H and O–H groups in total.